The molecule has 1 aromatic rings. The molecule has 0 heterocycles. The van der Waals surface area contributed by atoms with Gasteiger partial charge in [0.05, 0.1) is 5.69 Å². The average molecular weight is 355 g/mol. The fourth-order valence-corrected chi connectivity index (χ4v) is 3.31. The highest BCUT2D eigenvalue weighted by atomic mass is 79.9. The van der Waals surface area contributed by atoms with Gasteiger partial charge in [-0.25, -0.2) is 0 Å². The largest absolute Gasteiger partial charge is 0.371 e. The number of benzene rings is 1. The van der Waals surface area contributed by atoms with E-state index < -0.39 is 0 Å². The molecule has 3 heteroatoms. The highest BCUT2D eigenvalue weighted by Gasteiger charge is 2.14. The summed E-state index contributed by atoms with van der Waals surface area (Å²) in [6.45, 7) is 11.1. The Morgan fingerprint density at radius 2 is 1.76 bits per heavy atom. The summed E-state index contributed by atoms with van der Waals surface area (Å²) in [6.07, 6.45) is 4.46. The Balaban J connectivity index is 2.85. The molecule has 120 valence electrons. The first-order valence-corrected chi connectivity index (χ1v) is 9.13. The van der Waals surface area contributed by atoms with E-state index in [1.165, 1.54) is 28.6 Å². The molecular formula is C18H31BrN2. The molecule has 0 spiro atoms. The predicted octanol–water partition coefficient (Wildman–Crippen LogP) is 4.99. The van der Waals surface area contributed by atoms with Crippen LogP contribution in [0.1, 0.15) is 52.5 Å². The highest BCUT2D eigenvalue weighted by Crippen LogP contribution is 2.29. The SMILES string of the molecule is CCC(N)Cc1ccc(N(CC)CC(CC)CC)c(Br)c1. The number of halogens is 1. The molecule has 0 saturated heterocycles. The second-order valence-electron chi connectivity index (χ2n) is 5.88. The van der Waals surface area contributed by atoms with Crippen LogP contribution in [0.25, 0.3) is 0 Å². The van der Waals surface area contributed by atoms with E-state index in [0.717, 1.165) is 31.8 Å². The number of hydrogen-bond acceptors (Lipinski definition) is 2. The molecule has 2 nitrogen and oxygen atoms in total. The fourth-order valence-electron chi connectivity index (χ4n) is 2.64. The Hall–Kier alpha value is -0.540. The first-order valence-electron chi connectivity index (χ1n) is 8.34. The summed E-state index contributed by atoms with van der Waals surface area (Å²) in [5, 5.41) is 0. The Labute approximate surface area is 139 Å². The van der Waals surface area contributed by atoms with Gasteiger partial charge in [-0.15, -0.1) is 0 Å². The number of nitrogens with zero attached hydrogens (tertiary/aromatic N) is 1. The minimum atomic E-state index is 0.259. The van der Waals surface area contributed by atoms with Gasteiger partial charge in [0.25, 0.3) is 0 Å². The Morgan fingerprint density at radius 1 is 1.10 bits per heavy atom. The first kappa shape index (κ1) is 18.5. The summed E-state index contributed by atoms with van der Waals surface area (Å²) in [4.78, 5) is 2.48. The molecular weight excluding hydrogens is 324 g/mol. The lowest BCUT2D eigenvalue weighted by atomic mass is 10.0. The van der Waals surface area contributed by atoms with Crippen molar-refractivity contribution in [1.82, 2.24) is 0 Å². The van der Waals surface area contributed by atoms with E-state index in [1.54, 1.807) is 0 Å². The monoisotopic (exact) mass is 354 g/mol. The smallest absolute Gasteiger partial charge is 0.0510 e. The molecule has 0 aliphatic heterocycles. The van der Waals surface area contributed by atoms with E-state index in [9.17, 15) is 0 Å². The van der Waals surface area contributed by atoms with Crippen LogP contribution in [0.2, 0.25) is 0 Å². The van der Waals surface area contributed by atoms with Gasteiger partial charge in [0.1, 0.15) is 0 Å². The third kappa shape index (κ3) is 5.63. The normalized spacial score (nSPS) is 12.7. The zero-order valence-corrected chi connectivity index (χ0v) is 15.6. The van der Waals surface area contributed by atoms with E-state index in [0.29, 0.717) is 0 Å². The molecule has 0 bridgehead atoms. The van der Waals surface area contributed by atoms with Gasteiger partial charge >= 0.3 is 0 Å². The molecule has 21 heavy (non-hydrogen) atoms. The van der Waals surface area contributed by atoms with Crippen molar-refractivity contribution >= 4 is 21.6 Å². The van der Waals surface area contributed by atoms with Gasteiger partial charge in [-0.1, -0.05) is 39.7 Å². The van der Waals surface area contributed by atoms with Crippen molar-refractivity contribution in [3.63, 3.8) is 0 Å². The van der Waals surface area contributed by atoms with E-state index in [2.05, 4.69) is 66.7 Å². The molecule has 1 aromatic carbocycles. The summed E-state index contributed by atoms with van der Waals surface area (Å²) in [7, 11) is 0. The van der Waals surface area contributed by atoms with Crippen molar-refractivity contribution in [1.29, 1.82) is 0 Å². The van der Waals surface area contributed by atoms with Crippen LogP contribution in [0.3, 0.4) is 0 Å². The van der Waals surface area contributed by atoms with Gasteiger partial charge in [-0.2, -0.15) is 0 Å². The Kier molecular flexibility index (Phi) is 8.35. The molecule has 2 N–H and O–H groups in total. The molecule has 1 rings (SSSR count). The van der Waals surface area contributed by atoms with E-state index in [1.807, 2.05) is 0 Å². The third-order valence-electron chi connectivity index (χ3n) is 4.39. The van der Waals surface area contributed by atoms with Crippen LogP contribution in [0.4, 0.5) is 5.69 Å². The van der Waals surface area contributed by atoms with Gasteiger partial charge in [-0.3, -0.25) is 0 Å². The Bertz CT molecular complexity index is 416. The topological polar surface area (TPSA) is 29.3 Å². The van der Waals surface area contributed by atoms with Gasteiger partial charge in [0.2, 0.25) is 0 Å². The van der Waals surface area contributed by atoms with Crippen LogP contribution >= 0.6 is 15.9 Å². The second-order valence-corrected chi connectivity index (χ2v) is 6.73. The molecule has 0 amide bonds. The molecule has 0 saturated carbocycles. The van der Waals surface area contributed by atoms with Crippen LogP contribution in [0.15, 0.2) is 22.7 Å². The zero-order valence-electron chi connectivity index (χ0n) is 14.0. The van der Waals surface area contributed by atoms with Crippen molar-refractivity contribution in [3.05, 3.63) is 28.2 Å². The zero-order chi connectivity index (χ0) is 15.8. The van der Waals surface area contributed by atoms with Crippen molar-refractivity contribution in [2.24, 2.45) is 11.7 Å². The van der Waals surface area contributed by atoms with Crippen LogP contribution in [-0.4, -0.2) is 19.1 Å². The van der Waals surface area contributed by atoms with Gasteiger partial charge in [0.15, 0.2) is 0 Å². The second kappa shape index (κ2) is 9.47. The molecule has 0 aliphatic rings. The van der Waals surface area contributed by atoms with Crippen LogP contribution < -0.4 is 10.6 Å². The quantitative estimate of drug-likeness (QED) is 0.676. The molecule has 0 radical (unpaired) electrons. The summed E-state index contributed by atoms with van der Waals surface area (Å²) >= 11 is 3.75. The third-order valence-corrected chi connectivity index (χ3v) is 5.03. The fraction of sp³-hybridized carbons (Fsp3) is 0.667. The number of hydrogen-bond donors (Lipinski definition) is 1. The molecule has 1 atom stereocenters. The van der Waals surface area contributed by atoms with Gasteiger partial charge in [-0.05, 0) is 59.3 Å². The minimum Gasteiger partial charge on any atom is -0.371 e. The molecule has 1 unspecified atom stereocenters. The lowest BCUT2D eigenvalue weighted by Crippen LogP contribution is -2.29. The maximum absolute atomic E-state index is 6.06. The van der Waals surface area contributed by atoms with Crippen molar-refractivity contribution in [2.75, 3.05) is 18.0 Å². The number of nitrogens with two attached hydrogens (primary N) is 1. The number of rotatable bonds is 9. The van der Waals surface area contributed by atoms with Crippen molar-refractivity contribution in [3.8, 4) is 0 Å². The summed E-state index contributed by atoms with van der Waals surface area (Å²) < 4.78 is 1.19. The standard InChI is InChI=1S/C18H31BrN2/c1-5-14(6-2)13-21(8-4)18-10-9-15(12-17(18)19)11-16(20)7-3/h9-10,12,14,16H,5-8,11,13,20H2,1-4H3. The van der Waals surface area contributed by atoms with Gasteiger partial charge < -0.3 is 10.6 Å². The van der Waals surface area contributed by atoms with Crippen LogP contribution in [0.5, 0.6) is 0 Å². The lowest BCUT2D eigenvalue weighted by molar-refractivity contribution is 0.486. The van der Waals surface area contributed by atoms with E-state index >= 15 is 0 Å². The number of anilines is 1. The van der Waals surface area contributed by atoms with Crippen molar-refractivity contribution in [2.45, 2.75) is 59.4 Å². The first-order chi connectivity index (χ1) is 10.0. The Morgan fingerprint density at radius 3 is 2.24 bits per heavy atom. The van der Waals surface area contributed by atoms with Crippen molar-refractivity contribution < 1.29 is 0 Å². The minimum absolute atomic E-state index is 0.259. The summed E-state index contributed by atoms with van der Waals surface area (Å²) in [5.41, 5.74) is 8.68. The lowest BCUT2D eigenvalue weighted by Gasteiger charge is -2.28. The maximum Gasteiger partial charge on any atom is 0.0510 e. The average Bonchev–Trinajstić information content (AvgIpc) is 2.49. The van der Waals surface area contributed by atoms with Crippen LogP contribution in [-0.2, 0) is 6.42 Å². The molecule has 0 aliphatic carbocycles. The maximum atomic E-state index is 6.06. The summed E-state index contributed by atoms with van der Waals surface area (Å²) in [6, 6.07) is 6.97. The van der Waals surface area contributed by atoms with E-state index in [-0.39, 0.29) is 6.04 Å². The molecule has 0 fully saturated rings. The highest BCUT2D eigenvalue weighted by molar-refractivity contribution is 9.10. The van der Waals surface area contributed by atoms with Gasteiger partial charge in [0, 0.05) is 23.6 Å². The molecule has 0 aromatic heterocycles. The van der Waals surface area contributed by atoms with Crippen LogP contribution in [0, 0.1) is 5.92 Å². The van der Waals surface area contributed by atoms with E-state index in [4.69, 9.17) is 5.73 Å². The summed E-state index contributed by atoms with van der Waals surface area (Å²) in [5.74, 6) is 0.769. The predicted molar refractivity (Wildman–Crippen MR) is 98.1 cm³/mol.